The van der Waals surface area contributed by atoms with Crippen molar-refractivity contribution in [3.63, 3.8) is 0 Å². The first-order chi connectivity index (χ1) is 13.3. The smallest absolute Gasteiger partial charge is 0.261 e. The highest BCUT2D eigenvalue weighted by Crippen LogP contribution is 2.25. The van der Waals surface area contributed by atoms with Crippen molar-refractivity contribution in [2.45, 2.75) is 51.4 Å². The molecular formula is C23H30ClNO2S. The van der Waals surface area contributed by atoms with Crippen LogP contribution in [0.5, 0.6) is 5.75 Å². The number of carbonyl (C=O) groups is 1. The zero-order valence-corrected chi connectivity index (χ0v) is 18.7. The van der Waals surface area contributed by atoms with Crippen LogP contribution in [0.1, 0.15) is 45.2 Å². The molecule has 0 heterocycles. The zero-order valence-electron chi connectivity index (χ0n) is 17.1. The van der Waals surface area contributed by atoms with Crippen LogP contribution in [0.25, 0.3) is 0 Å². The standard InChI is InChI=1S/C23H30ClNO2S/c1-5-21(27-20-12-8-18(9-13-20)23(2,3)4)22(26)25-14-15-28-16-17-6-10-19(24)11-7-17/h6-13,21H,5,14-16H2,1-4H3,(H,25,26)/t21-/m0/s1. The van der Waals surface area contributed by atoms with Crippen LogP contribution in [0.3, 0.4) is 0 Å². The first kappa shape index (κ1) is 22.6. The fourth-order valence-electron chi connectivity index (χ4n) is 2.65. The highest BCUT2D eigenvalue weighted by Gasteiger charge is 2.18. The van der Waals surface area contributed by atoms with Gasteiger partial charge in [0.1, 0.15) is 5.75 Å². The van der Waals surface area contributed by atoms with Crippen LogP contribution in [0.4, 0.5) is 0 Å². The molecule has 1 amide bonds. The highest BCUT2D eigenvalue weighted by atomic mass is 35.5. The molecule has 3 nitrogen and oxygen atoms in total. The lowest BCUT2D eigenvalue weighted by Crippen LogP contribution is -2.39. The molecule has 0 saturated carbocycles. The number of nitrogens with one attached hydrogen (secondary N) is 1. The van der Waals surface area contributed by atoms with Crippen LogP contribution in [0.2, 0.25) is 5.02 Å². The normalized spacial score (nSPS) is 12.5. The second-order valence-corrected chi connectivity index (χ2v) is 9.30. The van der Waals surface area contributed by atoms with E-state index in [4.69, 9.17) is 16.3 Å². The summed E-state index contributed by atoms with van der Waals surface area (Å²) in [4.78, 5) is 12.4. The monoisotopic (exact) mass is 419 g/mol. The lowest BCUT2D eigenvalue weighted by molar-refractivity contribution is -0.127. The summed E-state index contributed by atoms with van der Waals surface area (Å²) in [7, 11) is 0. The predicted molar refractivity (Wildman–Crippen MR) is 120 cm³/mol. The third kappa shape index (κ3) is 7.40. The van der Waals surface area contributed by atoms with Crippen LogP contribution in [-0.4, -0.2) is 24.3 Å². The molecule has 0 fully saturated rings. The third-order valence-corrected chi connectivity index (χ3v) is 5.67. The summed E-state index contributed by atoms with van der Waals surface area (Å²) in [5.41, 5.74) is 2.58. The van der Waals surface area contributed by atoms with Crippen molar-refractivity contribution in [2.75, 3.05) is 12.3 Å². The van der Waals surface area contributed by atoms with E-state index in [1.54, 1.807) is 11.8 Å². The Labute approximate surface area is 178 Å². The Morgan fingerprint density at radius 1 is 1.11 bits per heavy atom. The summed E-state index contributed by atoms with van der Waals surface area (Å²) >= 11 is 7.68. The summed E-state index contributed by atoms with van der Waals surface area (Å²) in [6.07, 6.45) is 0.159. The van der Waals surface area contributed by atoms with Crippen LogP contribution in [-0.2, 0) is 16.0 Å². The molecule has 0 saturated heterocycles. The number of amides is 1. The Bertz CT molecular complexity index is 739. The Balaban J connectivity index is 1.74. The molecule has 0 bridgehead atoms. The Kier molecular flexibility index (Phi) is 8.71. The first-order valence-electron chi connectivity index (χ1n) is 9.66. The van der Waals surface area contributed by atoms with Gasteiger partial charge in [0.05, 0.1) is 0 Å². The summed E-state index contributed by atoms with van der Waals surface area (Å²) in [6, 6.07) is 15.9. The number of hydrogen-bond donors (Lipinski definition) is 1. The second-order valence-electron chi connectivity index (χ2n) is 7.76. The lowest BCUT2D eigenvalue weighted by Gasteiger charge is -2.21. The Morgan fingerprint density at radius 3 is 2.32 bits per heavy atom. The van der Waals surface area contributed by atoms with Gasteiger partial charge in [0.25, 0.3) is 5.91 Å². The molecule has 2 rings (SSSR count). The molecular weight excluding hydrogens is 390 g/mol. The van der Waals surface area contributed by atoms with Gasteiger partial charge in [-0.1, -0.05) is 63.6 Å². The summed E-state index contributed by atoms with van der Waals surface area (Å²) in [5, 5.41) is 3.73. The molecule has 28 heavy (non-hydrogen) atoms. The van der Waals surface area contributed by atoms with Crippen molar-refractivity contribution in [3.8, 4) is 5.75 Å². The van der Waals surface area contributed by atoms with Gasteiger partial charge in [0.15, 0.2) is 6.10 Å². The van der Waals surface area contributed by atoms with E-state index in [1.807, 2.05) is 43.3 Å². The first-order valence-corrected chi connectivity index (χ1v) is 11.2. The van der Waals surface area contributed by atoms with Crippen molar-refractivity contribution < 1.29 is 9.53 Å². The van der Waals surface area contributed by atoms with E-state index in [0.29, 0.717) is 13.0 Å². The highest BCUT2D eigenvalue weighted by molar-refractivity contribution is 7.98. The van der Waals surface area contributed by atoms with E-state index in [2.05, 4.69) is 38.2 Å². The number of thioether (sulfide) groups is 1. The molecule has 0 aromatic heterocycles. The molecule has 2 aromatic carbocycles. The Hall–Kier alpha value is -1.65. The van der Waals surface area contributed by atoms with Gasteiger partial charge in [-0.3, -0.25) is 4.79 Å². The molecule has 0 unspecified atom stereocenters. The summed E-state index contributed by atoms with van der Waals surface area (Å²) < 4.78 is 5.90. The van der Waals surface area contributed by atoms with Crippen molar-refractivity contribution >= 4 is 29.3 Å². The van der Waals surface area contributed by atoms with Gasteiger partial charge >= 0.3 is 0 Å². The van der Waals surface area contributed by atoms with Crippen molar-refractivity contribution in [1.82, 2.24) is 5.32 Å². The molecule has 0 aliphatic rings. The summed E-state index contributed by atoms with van der Waals surface area (Å²) in [5.74, 6) is 2.42. The average molecular weight is 420 g/mol. The van der Waals surface area contributed by atoms with Crippen molar-refractivity contribution in [1.29, 1.82) is 0 Å². The maximum Gasteiger partial charge on any atom is 0.261 e. The van der Waals surface area contributed by atoms with E-state index >= 15 is 0 Å². The van der Waals surface area contributed by atoms with Gasteiger partial charge in [-0.2, -0.15) is 11.8 Å². The van der Waals surface area contributed by atoms with E-state index in [0.717, 1.165) is 22.3 Å². The fourth-order valence-corrected chi connectivity index (χ4v) is 3.60. The SMILES string of the molecule is CC[C@H](Oc1ccc(C(C)(C)C)cc1)C(=O)NCCSCc1ccc(Cl)cc1. The number of carbonyl (C=O) groups excluding carboxylic acids is 1. The number of benzene rings is 2. The van der Waals surface area contributed by atoms with E-state index < -0.39 is 6.10 Å². The van der Waals surface area contributed by atoms with Gasteiger partial charge in [-0.25, -0.2) is 0 Å². The molecule has 152 valence electrons. The summed E-state index contributed by atoms with van der Waals surface area (Å²) in [6.45, 7) is 9.12. The number of rotatable bonds is 9. The van der Waals surface area contributed by atoms with Crippen LogP contribution < -0.4 is 10.1 Å². The number of ether oxygens (including phenoxy) is 1. The molecule has 0 aliphatic carbocycles. The topological polar surface area (TPSA) is 38.3 Å². The zero-order chi connectivity index (χ0) is 20.6. The van der Waals surface area contributed by atoms with Gasteiger partial charge < -0.3 is 10.1 Å². The number of halogens is 1. The van der Waals surface area contributed by atoms with Crippen LogP contribution in [0, 0.1) is 0 Å². The second kappa shape index (κ2) is 10.8. The lowest BCUT2D eigenvalue weighted by atomic mass is 9.87. The van der Waals surface area contributed by atoms with E-state index in [9.17, 15) is 4.79 Å². The van der Waals surface area contributed by atoms with Crippen LogP contribution in [0.15, 0.2) is 48.5 Å². The minimum absolute atomic E-state index is 0.0607. The quantitative estimate of drug-likeness (QED) is 0.518. The largest absolute Gasteiger partial charge is 0.481 e. The Morgan fingerprint density at radius 2 is 1.75 bits per heavy atom. The van der Waals surface area contributed by atoms with E-state index in [-0.39, 0.29) is 11.3 Å². The number of hydrogen-bond acceptors (Lipinski definition) is 3. The van der Waals surface area contributed by atoms with Gasteiger partial charge in [0.2, 0.25) is 0 Å². The maximum absolute atomic E-state index is 12.4. The van der Waals surface area contributed by atoms with Crippen LogP contribution >= 0.6 is 23.4 Å². The molecule has 0 spiro atoms. The minimum Gasteiger partial charge on any atom is -0.481 e. The minimum atomic E-state index is -0.471. The molecule has 1 atom stereocenters. The molecule has 0 radical (unpaired) electrons. The van der Waals surface area contributed by atoms with Gasteiger partial charge in [0, 0.05) is 23.1 Å². The molecule has 0 aliphatic heterocycles. The van der Waals surface area contributed by atoms with Gasteiger partial charge in [-0.05, 0) is 47.2 Å². The predicted octanol–water partition coefficient (Wildman–Crippen LogP) is 5.84. The average Bonchev–Trinajstić information content (AvgIpc) is 2.66. The maximum atomic E-state index is 12.4. The van der Waals surface area contributed by atoms with Gasteiger partial charge in [-0.15, -0.1) is 0 Å². The van der Waals surface area contributed by atoms with E-state index in [1.165, 1.54) is 11.1 Å². The molecule has 1 N–H and O–H groups in total. The van der Waals surface area contributed by atoms with Crippen molar-refractivity contribution in [2.24, 2.45) is 0 Å². The molecule has 2 aromatic rings. The third-order valence-electron chi connectivity index (χ3n) is 4.39. The molecule has 5 heteroatoms. The fraction of sp³-hybridized carbons (Fsp3) is 0.435. The van der Waals surface area contributed by atoms with Crippen molar-refractivity contribution in [3.05, 3.63) is 64.7 Å².